The van der Waals surface area contributed by atoms with Gasteiger partial charge in [-0.05, 0) is 68.8 Å². The number of fused-ring (bicyclic) bond motifs is 1. The van der Waals surface area contributed by atoms with E-state index in [-0.39, 0.29) is 30.7 Å². The fraction of sp³-hybridized carbons (Fsp3) is 0.448. The Kier molecular flexibility index (Phi) is 9.15. The molecule has 3 heterocycles. The van der Waals surface area contributed by atoms with Gasteiger partial charge >= 0.3 is 11.9 Å². The number of amides is 2. The molecule has 1 fully saturated rings. The molecule has 3 atom stereocenters. The van der Waals surface area contributed by atoms with Crippen molar-refractivity contribution < 1.29 is 43.2 Å². The average molecular weight is 587 g/mol. The number of carbonyl (C=O) groups is 4. The van der Waals surface area contributed by atoms with Crippen LogP contribution in [0.2, 0.25) is 0 Å². The van der Waals surface area contributed by atoms with Crippen molar-refractivity contribution in [2.24, 2.45) is 11.3 Å². The number of methoxy groups -OCH3 is 1. The number of aliphatic hydroxyl groups excluding tert-OH is 1. The first kappa shape index (κ1) is 30.2. The van der Waals surface area contributed by atoms with Gasteiger partial charge in [0.25, 0.3) is 5.91 Å². The molecule has 1 aromatic carbocycles. The van der Waals surface area contributed by atoms with Gasteiger partial charge in [-0.15, -0.1) is 11.3 Å². The Morgan fingerprint density at radius 2 is 1.95 bits per heavy atom. The molecule has 2 N–H and O–H groups in total. The molecule has 2 aromatic rings. The summed E-state index contributed by atoms with van der Waals surface area (Å²) in [6, 6.07) is 8.47. The van der Waals surface area contributed by atoms with Crippen LogP contribution in [0.25, 0.3) is 5.57 Å². The Morgan fingerprint density at radius 3 is 2.59 bits per heavy atom. The molecule has 1 aromatic heterocycles. The maximum absolute atomic E-state index is 13.2. The van der Waals surface area contributed by atoms with Crippen LogP contribution in [0.1, 0.15) is 45.2 Å². The minimum absolute atomic E-state index is 0.0417. The van der Waals surface area contributed by atoms with Crippen LogP contribution in [-0.4, -0.2) is 66.4 Å². The summed E-state index contributed by atoms with van der Waals surface area (Å²) in [7, 11) is 1.49. The second-order valence-electron chi connectivity index (χ2n) is 10.8. The summed E-state index contributed by atoms with van der Waals surface area (Å²) in [6.07, 6.45) is -0.575. The molecule has 2 aliphatic heterocycles. The number of nitrogens with zero attached hydrogens (tertiary/aromatic N) is 1. The number of anilines is 1. The van der Waals surface area contributed by atoms with Crippen LogP contribution in [-0.2, 0) is 40.0 Å². The number of hydrogen-bond donors (Lipinski definition) is 2. The number of rotatable bonds is 11. The van der Waals surface area contributed by atoms with Gasteiger partial charge in [0.15, 0.2) is 0 Å². The van der Waals surface area contributed by atoms with Gasteiger partial charge in [-0.25, -0.2) is 4.79 Å². The highest BCUT2D eigenvalue weighted by atomic mass is 32.1. The number of aliphatic hydroxyl groups is 1. The summed E-state index contributed by atoms with van der Waals surface area (Å²) >= 11 is 1.41. The molecule has 2 amide bonds. The first-order chi connectivity index (χ1) is 19.4. The molecule has 0 aliphatic carbocycles. The van der Waals surface area contributed by atoms with E-state index in [4.69, 9.17) is 18.9 Å². The lowest BCUT2D eigenvalue weighted by Gasteiger charge is -2.44. The largest absolute Gasteiger partial charge is 0.496 e. The lowest BCUT2D eigenvalue weighted by Crippen LogP contribution is -2.61. The summed E-state index contributed by atoms with van der Waals surface area (Å²) in [5, 5.41) is 15.5. The number of ether oxygens (including phenoxy) is 4. The van der Waals surface area contributed by atoms with Gasteiger partial charge in [0.1, 0.15) is 18.1 Å². The summed E-state index contributed by atoms with van der Waals surface area (Å²) in [5.41, 5.74) is 1.10. The van der Waals surface area contributed by atoms with Crippen molar-refractivity contribution in [3.05, 3.63) is 52.5 Å². The molecule has 4 rings (SSSR count). The average Bonchev–Trinajstić information content (AvgIpc) is 3.53. The second-order valence-corrected chi connectivity index (χ2v) is 11.8. The topological polar surface area (TPSA) is 141 Å². The van der Waals surface area contributed by atoms with Gasteiger partial charge in [0.2, 0.25) is 12.7 Å². The lowest BCUT2D eigenvalue weighted by molar-refractivity contribution is -0.175. The Morgan fingerprint density at radius 1 is 1.20 bits per heavy atom. The fourth-order valence-corrected chi connectivity index (χ4v) is 5.40. The van der Waals surface area contributed by atoms with Crippen LogP contribution in [0, 0.1) is 11.3 Å². The SMILES string of the molecule is COc1cc(C2=C(C(=O)OCOC(=O)C(C)(C)C)N3C(=O)[C@H]([C@@H](C)O)[C@H]3C2)ccc1COCC(=O)Nc1cccs1. The van der Waals surface area contributed by atoms with Crippen molar-refractivity contribution in [3.8, 4) is 5.75 Å². The number of thiophene rings is 1. The smallest absolute Gasteiger partial charge is 0.358 e. The zero-order valence-corrected chi connectivity index (χ0v) is 24.4. The summed E-state index contributed by atoms with van der Waals surface area (Å²) in [5.74, 6) is -2.19. The predicted molar refractivity (Wildman–Crippen MR) is 149 cm³/mol. The molecule has 0 radical (unpaired) electrons. The molecule has 41 heavy (non-hydrogen) atoms. The number of carbonyl (C=O) groups excluding carboxylic acids is 4. The second kappa shape index (κ2) is 12.4. The maximum atomic E-state index is 13.2. The number of hydrogen-bond acceptors (Lipinski definition) is 10. The zero-order valence-electron chi connectivity index (χ0n) is 23.6. The Hall–Kier alpha value is -3.74. The molecular weight excluding hydrogens is 552 g/mol. The van der Waals surface area contributed by atoms with E-state index in [9.17, 15) is 24.3 Å². The molecule has 2 aliphatic rings. The molecule has 12 heteroatoms. The van der Waals surface area contributed by atoms with Gasteiger partial charge < -0.3 is 34.3 Å². The van der Waals surface area contributed by atoms with Crippen molar-refractivity contribution in [1.29, 1.82) is 0 Å². The third-order valence-corrected chi connectivity index (χ3v) is 7.61. The highest BCUT2D eigenvalue weighted by molar-refractivity contribution is 7.14. The third-order valence-electron chi connectivity index (χ3n) is 6.82. The van der Waals surface area contributed by atoms with Gasteiger partial charge in [0.05, 0.1) is 42.2 Å². The number of nitrogens with one attached hydrogen (secondary N) is 1. The molecule has 0 bridgehead atoms. The predicted octanol–water partition coefficient (Wildman–Crippen LogP) is 3.32. The van der Waals surface area contributed by atoms with Crippen LogP contribution in [0.5, 0.6) is 5.75 Å². The van der Waals surface area contributed by atoms with Crippen molar-refractivity contribution in [1.82, 2.24) is 4.90 Å². The molecule has 11 nitrogen and oxygen atoms in total. The Balaban J connectivity index is 1.51. The van der Waals surface area contributed by atoms with Crippen LogP contribution in [0.3, 0.4) is 0 Å². The first-order valence-electron chi connectivity index (χ1n) is 13.1. The van der Waals surface area contributed by atoms with Crippen molar-refractivity contribution in [3.63, 3.8) is 0 Å². The Labute approximate surface area is 242 Å². The highest BCUT2D eigenvalue weighted by Gasteiger charge is 2.57. The van der Waals surface area contributed by atoms with Crippen LogP contribution < -0.4 is 10.1 Å². The van der Waals surface area contributed by atoms with E-state index >= 15 is 0 Å². The summed E-state index contributed by atoms with van der Waals surface area (Å²) in [4.78, 5) is 51.6. The lowest BCUT2D eigenvalue weighted by atomic mass is 9.82. The molecule has 220 valence electrons. The highest BCUT2D eigenvalue weighted by Crippen LogP contribution is 2.47. The molecule has 0 saturated carbocycles. The van der Waals surface area contributed by atoms with E-state index in [1.54, 1.807) is 52.0 Å². The van der Waals surface area contributed by atoms with Crippen LogP contribution in [0.4, 0.5) is 5.00 Å². The standard InChI is InChI=1S/C29H34N2O9S/c1-16(32)24-20-12-19(25(31(20)26(24)34)27(35)39-15-40-28(36)29(2,3)4)17-8-9-18(21(11-17)37-5)13-38-14-22(33)30-23-7-6-10-41-23/h6-11,16,20,24,32H,12-15H2,1-5H3,(H,30,33)/t16-,20-,24-/m1/s1. The quantitative estimate of drug-likeness (QED) is 0.230. The molecule has 0 unspecified atom stereocenters. The monoisotopic (exact) mass is 586 g/mol. The zero-order chi connectivity index (χ0) is 29.9. The van der Waals surface area contributed by atoms with Gasteiger partial charge in [-0.2, -0.15) is 0 Å². The van der Waals surface area contributed by atoms with E-state index in [1.165, 1.54) is 23.3 Å². The normalized spacial score (nSPS) is 18.9. The van der Waals surface area contributed by atoms with Crippen molar-refractivity contribution in [2.45, 2.75) is 52.9 Å². The molecular formula is C29H34N2O9S. The number of benzene rings is 1. The molecule has 1 saturated heterocycles. The van der Waals surface area contributed by atoms with Gasteiger partial charge in [0, 0.05) is 5.56 Å². The minimum atomic E-state index is -0.890. The van der Waals surface area contributed by atoms with Crippen molar-refractivity contribution >= 4 is 45.7 Å². The van der Waals surface area contributed by atoms with Gasteiger partial charge in [-0.1, -0.05) is 12.1 Å². The Bertz CT molecular complexity index is 1340. The number of β-lactam (4-membered cyclic amide) rings is 1. The maximum Gasteiger partial charge on any atom is 0.358 e. The number of esters is 2. The molecule has 0 spiro atoms. The van der Waals surface area contributed by atoms with E-state index in [2.05, 4.69) is 5.32 Å². The van der Waals surface area contributed by atoms with Gasteiger partial charge in [-0.3, -0.25) is 14.4 Å². The van der Waals surface area contributed by atoms with Crippen LogP contribution >= 0.6 is 11.3 Å². The summed E-state index contributed by atoms with van der Waals surface area (Å²) in [6.45, 7) is 5.93. The fourth-order valence-electron chi connectivity index (χ4n) is 4.77. The first-order valence-corrected chi connectivity index (χ1v) is 14.0. The van der Waals surface area contributed by atoms with Crippen molar-refractivity contribution in [2.75, 3.05) is 25.8 Å². The van der Waals surface area contributed by atoms with E-state index in [0.29, 0.717) is 28.9 Å². The van der Waals surface area contributed by atoms with E-state index in [0.717, 1.165) is 5.00 Å². The third kappa shape index (κ3) is 6.61. The summed E-state index contributed by atoms with van der Waals surface area (Å²) < 4.78 is 21.5. The van der Waals surface area contributed by atoms with E-state index in [1.807, 2.05) is 11.4 Å². The minimum Gasteiger partial charge on any atom is -0.496 e. The van der Waals surface area contributed by atoms with Crippen LogP contribution in [0.15, 0.2) is 41.4 Å². The van der Waals surface area contributed by atoms with E-state index < -0.39 is 42.2 Å².